The zero-order valence-electron chi connectivity index (χ0n) is 31.4. The molecule has 52 heavy (non-hydrogen) atoms. The molecule has 0 radical (unpaired) electrons. The van der Waals surface area contributed by atoms with E-state index in [1.54, 1.807) is 34.9 Å². The van der Waals surface area contributed by atoms with Crippen molar-refractivity contribution in [2.75, 3.05) is 14.1 Å². The number of primary amides is 1. The zero-order valence-corrected chi connectivity index (χ0v) is 31.4. The van der Waals surface area contributed by atoms with Crippen LogP contribution in [0.25, 0.3) is 10.8 Å². The summed E-state index contributed by atoms with van der Waals surface area (Å²) in [6.07, 6.45) is 2.33. The van der Waals surface area contributed by atoms with Gasteiger partial charge in [-0.3, -0.25) is 14.4 Å². The average molecular weight is 705 g/mol. The van der Waals surface area contributed by atoms with E-state index in [-0.39, 0.29) is 18.7 Å². The lowest BCUT2D eigenvalue weighted by atomic mass is 9.94. The summed E-state index contributed by atoms with van der Waals surface area (Å²) in [7, 11) is 3.19. The highest BCUT2D eigenvalue weighted by Gasteiger charge is 2.35. The van der Waals surface area contributed by atoms with Crippen LogP contribution in [0.2, 0.25) is 0 Å². The highest BCUT2D eigenvalue weighted by atomic mass is 16.6. The summed E-state index contributed by atoms with van der Waals surface area (Å²) in [6.45, 7) is 9.11. The number of nitrogens with one attached hydrogen (secondary N) is 1. The summed E-state index contributed by atoms with van der Waals surface area (Å²) in [4.78, 5) is 57.5. The maximum Gasteiger partial charge on any atom is 0.408 e. The van der Waals surface area contributed by atoms with E-state index >= 15 is 0 Å². The molecule has 4 rings (SSSR count). The van der Waals surface area contributed by atoms with E-state index in [2.05, 4.69) is 5.32 Å². The van der Waals surface area contributed by atoms with Crippen LogP contribution in [0.5, 0.6) is 0 Å². The van der Waals surface area contributed by atoms with Crippen LogP contribution in [0.1, 0.15) is 57.7 Å². The van der Waals surface area contributed by atoms with Gasteiger partial charge in [0.05, 0.1) is 0 Å². The van der Waals surface area contributed by atoms with Crippen molar-refractivity contribution in [3.63, 3.8) is 0 Å². The molecule has 0 bridgehead atoms. The molecule has 0 spiro atoms. The van der Waals surface area contributed by atoms with Gasteiger partial charge < -0.3 is 25.6 Å². The number of amides is 4. The van der Waals surface area contributed by atoms with Crippen molar-refractivity contribution >= 4 is 34.6 Å². The van der Waals surface area contributed by atoms with Crippen LogP contribution in [0.4, 0.5) is 4.79 Å². The Morgan fingerprint density at radius 2 is 1.27 bits per heavy atom. The minimum Gasteiger partial charge on any atom is -0.444 e. The minimum atomic E-state index is -0.969. The van der Waals surface area contributed by atoms with E-state index in [0.29, 0.717) is 18.4 Å². The van der Waals surface area contributed by atoms with Crippen molar-refractivity contribution in [2.45, 2.75) is 83.5 Å². The van der Waals surface area contributed by atoms with Crippen LogP contribution < -0.4 is 11.1 Å². The van der Waals surface area contributed by atoms with Crippen molar-refractivity contribution in [1.82, 2.24) is 15.1 Å². The largest absolute Gasteiger partial charge is 0.444 e. The van der Waals surface area contributed by atoms with Crippen LogP contribution >= 0.6 is 0 Å². The summed E-state index contributed by atoms with van der Waals surface area (Å²) in [6, 6.07) is 31.0. The maximum atomic E-state index is 14.6. The van der Waals surface area contributed by atoms with Gasteiger partial charge in [-0.15, -0.1) is 0 Å². The molecule has 9 nitrogen and oxygen atoms in total. The highest BCUT2D eigenvalue weighted by Crippen LogP contribution is 2.23. The third-order valence-electron chi connectivity index (χ3n) is 8.94. The molecule has 9 heteroatoms. The van der Waals surface area contributed by atoms with Gasteiger partial charge in [-0.2, -0.15) is 0 Å². The summed E-state index contributed by atoms with van der Waals surface area (Å²) >= 11 is 0. The highest BCUT2D eigenvalue weighted by molar-refractivity contribution is 5.98. The first kappa shape index (κ1) is 39.3. The quantitative estimate of drug-likeness (QED) is 0.143. The molecule has 0 saturated heterocycles. The normalized spacial score (nSPS) is 13.2. The number of fused-ring (bicyclic) bond motifs is 1. The van der Waals surface area contributed by atoms with E-state index in [9.17, 15) is 19.2 Å². The SMILES string of the molecule is CN(C(=O)/C(=C/CC(C)(C)NC(=O)OC(C)(C)C)Cc1ccccc1)[C@H](Cc1ccc2ccccc2c1)C(=O)N(C)[C@H](Cc1ccccc1)C(N)=O. The summed E-state index contributed by atoms with van der Waals surface area (Å²) in [5, 5.41) is 4.98. The van der Waals surface area contributed by atoms with E-state index in [0.717, 1.165) is 27.5 Å². The van der Waals surface area contributed by atoms with Crippen molar-refractivity contribution in [2.24, 2.45) is 5.73 Å². The smallest absolute Gasteiger partial charge is 0.408 e. The summed E-state index contributed by atoms with van der Waals surface area (Å²) < 4.78 is 5.48. The van der Waals surface area contributed by atoms with Crippen molar-refractivity contribution in [1.29, 1.82) is 0 Å². The molecule has 4 aromatic rings. The van der Waals surface area contributed by atoms with Crippen LogP contribution in [0.15, 0.2) is 115 Å². The van der Waals surface area contributed by atoms with Gasteiger partial charge in [0.15, 0.2) is 0 Å². The van der Waals surface area contributed by atoms with Crippen LogP contribution in [0.3, 0.4) is 0 Å². The number of likely N-dealkylation sites (N-methyl/N-ethyl adjacent to an activating group) is 2. The van der Waals surface area contributed by atoms with Gasteiger partial charge >= 0.3 is 6.09 Å². The minimum absolute atomic E-state index is 0.206. The Kier molecular flexibility index (Phi) is 13.0. The molecule has 4 amide bonds. The number of hydrogen-bond acceptors (Lipinski definition) is 5. The number of nitrogens with two attached hydrogens (primary N) is 1. The third kappa shape index (κ3) is 11.3. The van der Waals surface area contributed by atoms with Crippen LogP contribution in [0, 0.1) is 0 Å². The lowest BCUT2D eigenvalue weighted by Crippen LogP contribution is -2.55. The maximum absolute atomic E-state index is 14.6. The lowest BCUT2D eigenvalue weighted by molar-refractivity contribution is -0.145. The van der Waals surface area contributed by atoms with Gasteiger partial charge in [-0.1, -0.05) is 109 Å². The number of carbonyl (C=O) groups excluding carboxylic acids is 4. The van der Waals surface area contributed by atoms with Crippen LogP contribution in [-0.4, -0.2) is 70.9 Å². The molecular formula is C43H52N4O5. The first-order valence-electron chi connectivity index (χ1n) is 17.6. The molecule has 0 fully saturated rings. The fraction of sp³-hybridized carbons (Fsp3) is 0.349. The van der Waals surface area contributed by atoms with Crippen molar-refractivity contribution < 1.29 is 23.9 Å². The number of benzene rings is 4. The van der Waals surface area contributed by atoms with Crippen molar-refractivity contribution in [3.8, 4) is 0 Å². The number of nitrogens with zero attached hydrogens (tertiary/aromatic N) is 2. The monoisotopic (exact) mass is 704 g/mol. The Morgan fingerprint density at radius 1 is 0.712 bits per heavy atom. The molecule has 0 aliphatic carbocycles. The number of alkyl carbamates (subject to hydrolysis) is 1. The Bertz CT molecular complexity index is 1880. The van der Waals surface area contributed by atoms with E-state index in [4.69, 9.17) is 10.5 Å². The Hall–Kier alpha value is -5.44. The van der Waals surface area contributed by atoms with Crippen LogP contribution in [-0.2, 0) is 38.4 Å². The molecule has 0 unspecified atom stereocenters. The molecule has 0 aliphatic heterocycles. The van der Waals surface area contributed by atoms with E-state index in [1.807, 2.05) is 123 Å². The predicted molar refractivity (Wildman–Crippen MR) is 206 cm³/mol. The molecule has 0 aliphatic rings. The van der Waals surface area contributed by atoms with Gasteiger partial charge in [-0.05, 0) is 68.5 Å². The molecule has 4 aromatic carbocycles. The molecule has 0 heterocycles. The second-order valence-corrected chi connectivity index (χ2v) is 15.0. The molecule has 274 valence electrons. The third-order valence-corrected chi connectivity index (χ3v) is 8.94. The van der Waals surface area contributed by atoms with Gasteiger partial charge in [0.2, 0.25) is 17.7 Å². The second kappa shape index (κ2) is 17.2. The summed E-state index contributed by atoms with van der Waals surface area (Å²) in [5.41, 5.74) is 7.57. The lowest BCUT2D eigenvalue weighted by Gasteiger charge is -2.34. The standard InChI is InChI=1S/C43H52N4O5/c1-42(2,3)52-41(51)45-43(4,5)25-24-35(26-30-16-10-8-11-17-30)39(49)47(7)37(29-32-22-23-33-20-14-15-21-34(33)27-32)40(50)46(6)36(38(44)48)28-31-18-12-9-13-19-31/h8-24,27,36-37H,25-26,28-29H2,1-7H3,(H2,44,48)(H,45,51)/b35-24+/t36-,37-/m1/s1. The fourth-order valence-electron chi connectivity index (χ4n) is 6.06. The van der Waals surface area contributed by atoms with Gasteiger partial charge in [-0.25, -0.2) is 4.79 Å². The second-order valence-electron chi connectivity index (χ2n) is 15.0. The predicted octanol–water partition coefficient (Wildman–Crippen LogP) is 6.63. The number of hydrogen-bond donors (Lipinski definition) is 2. The Morgan fingerprint density at radius 3 is 1.87 bits per heavy atom. The number of carbonyl (C=O) groups is 4. The molecule has 3 N–H and O–H groups in total. The number of rotatable bonds is 14. The van der Waals surface area contributed by atoms with Gasteiger partial charge in [0, 0.05) is 44.5 Å². The molecule has 0 aromatic heterocycles. The topological polar surface area (TPSA) is 122 Å². The van der Waals surface area contributed by atoms with E-state index < -0.39 is 41.1 Å². The zero-order chi connectivity index (χ0) is 38.1. The van der Waals surface area contributed by atoms with Gasteiger partial charge in [0.25, 0.3) is 0 Å². The summed E-state index contributed by atoms with van der Waals surface area (Å²) in [5.74, 6) is -1.39. The Balaban J connectivity index is 1.70. The first-order chi connectivity index (χ1) is 24.5. The fourth-order valence-corrected chi connectivity index (χ4v) is 6.06. The number of ether oxygens (including phenoxy) is 1. The molecular weight excluding hydrogens is 652 g/mol. The average Bonchev–Trinajstić information content (AvgIpc) is 3.09. The van der Waals surface area contributed by atoms with Crippen molar-refractivity contribution in [3.05, 3.63) is 131 Å². The molecule has 0 saturated carbocycles. The van der Waals surface area contributed by atoms with E-state index in [1.165, 1.54) is 9.80 Å². The first-order valence-corrected chi connectivity index (χ1v) is 17.6. The molecule has 2 atom stereocenters. The van der Waals surface area contributed by atoms with Gasteiger partial charge in [0.1, 0.15) is 17.7 Å². The Labute approximate surface area is 307 Å².